The molecule has 1 spiro atoms. The molecule has 2 aliphatic heterocycles. The Labute approximate surface area is 139 Å². The van der Waals surface area contributed by atoms with Gasteiger partial charge in [0.2, 0.25) is 0 Å². The van der Waals surface area contributed by atoms with Crippen molar-refractivity contribution in [1.29, 1.82) is 0 Å². The maximum absolute atomic E-state index is 11.1. The molecule has 6 heteroatoms. The molecule has 2 saturated heterocycles. The molecule has 0 aromatic heterocycles. The third-order valence-electron chi connectivity index (χ3n) is 4.86. The number of carbonyl (C=O) groups is 1. The fraction of sp³-hybridized carbons (Fsp3) is 0.941. The summed E-state index contributed by atoms with van der Waals surface area (Å²) in [5.74, 6) is -0.200. The van der Waals surface area contributed by atoms with Crippen molar-refractivity contribution in [3.8, 4) is 0 Å². The first kappa shape index (κ1) is 18.6. The van der Waals surface area contributed by atoms with Gasteiger partial charge < -0.3 is 24.4 Å². The second kappa shape index (κ2) is 10.2. The molecule has 0 aliphatic carbocycles. The number of rotatable bonds is 10. The molecule has 2 aliphatic rings. The topological polar surface area (TPSA) is 60.0 Å². The minimum Gasteiger partial charge on any atom is -0.466 e. The van der Waals surface area contributed by atoms with Crippen molar-refractivity contribution in [2.75, 3.05) is 65.8 Å². The van der Waals surface area contributed by atoms with E-state index in [0.717, 1.165) is 13.2 Å². The van der Waals surface area contributed by atoms with Crippen LogP contribution in [-0.4, -0.2) is 76.6 Å². The van der Waals surface area contributed by atoms with E-state index in [4.69, 9.17) is 14.2 Å². The predicted molar refractivity (Wildman–Crippen MR) is 88.5 cm³/mol. The van der Waals surface area contributed by atoms with Crippen molar-refractivity contribution < 1.29 is 19.0 Å². The lowest BCUT2D eigenvalue weighted by Gasteiger charge is -2.33. The maximum atomic E-state index is 11.1. The number of likely N-dealkylation sites (tertiary alicyclic amines) is 1. The summed E-state index contributed by atoms with van der Waals surface area (Å²) < 4.78 is 15.8. The van der Waals surface area contributed by atoms with Crippen LogP contribution in [-0.2, 0) is 19.0 Å². The smallest absolute Gasteiger partial charge is 0.308 e. The van der Waals surface area contributed by atoms with Crippen molar-refractivity contribution >= 4 is 5.97 Å². The Bertz CT molecular complexity index is 345. The first-order valence-electron chi connectivity index (χ1n) is 8.98. The number of carbonyl (C=O) groups excluding carboxylic acids is 1. The lowest BCUT2D eigenvalue weighted by atomic mass is 9.78. The Morgan fingerprint density at radius 3 is 2.57 bits per heavy atom. The SMILES string of the molecule is CCOC(=O)CCOCCOCCN1CCC2(CCNCC2)C1. The van der Waals surface area contributed by atoms with Gasteiger partial charge in [0.05, 0.1) is 39.5 Å². The maximum Gasteiger partial charge on any atom is 0.308 e. The molecular weight excluding hydrogens is 296 g/mol. The Morgan fingerprint density at radius 2 is 1.83 bits per heavy atom. The fourth-order valence-corrected chi connectivity index (χ4v) is 3.49. The molecule has 0 amide bonds. The van der Waals surface area contributed by atoms with Crippen molar-refractivity contribution in [1.82, 2.24) is 10.2 Å². The third-order valence-corrected chi connectivity index (χ3v) is 4.86. The van der Waals surface area contributed by atoms with Gasteiger partial charge in [-0.05, 0) is 51.2 Å². The Morgan fingerprint density at radius 1 is 1.09 bits per heavy atom. The van der Waals surface area contributed by atoms with Crippen LogP contribution in [0.1, 0.15) is 32.6 Å². The average molecular weight is 328 g/mol. The molecule has 2 heterocycles. The number of piperidine rings is 1. The van der Waals surface area contributed by atoms with E-state index in [1.54, 1.807) is 6.92 Å². The third kappa shape index (κ3) is 6.75. The van der Waals surface area contributed by atoms with Gasteiger partial charge in [-0.3, -0.25) is 4.79 Å². The lowest BCUT2D eigenvalue weighted by molar-refractivity contribution is -0.144. The summed E-state index contributed by atoms with van der Waals surface area (Å²) in [4.78, 5) is 13.6. The van der Waals surface area contributed by atoms with Crippen molar-refractivity contribution in [2.45, 2.75) is 32.6 Å². The first-order chi connectivity index (χ1) is 11.2. The molecule has 0 aromatic carbocycles. The van der Waals surface area contributed by atoms with Crippen LogP contribution in [0.3, 0.4) is 0 Å². The summed E-state index contributed by atoms with van der Waals surface area (Å²) in [6.45, 7) is 10.3. The van der Waals surface area contributed by atoms with E-state index < -0.39 is 0 Å². The summed E-state index contributed by atoms with van der Waals surface area (Å²) in [7, 11) is 0. The van der Waals surface area contributed by atoms with Crippen LogP contribution in [0, 0.1) is 5.41 Å². The number of ether oxygens (including phenoxy) is 3. The average Bonchev–Trinajstić information content (AvgIpc) is 2.93. The molecule has 134 valence electrons. The molecule has 2 rings (SSSR count). The summed E-state index contributed by atoms with van der Waals surface area (Å²) >= 11 is 0. The minimum absolute atomic E-state index is 0.200. The van der Waals surface area contributed by atoms with E-state index in [9.17, 15) is 4.79 Å². The highest BCUT2D eigenvalue weighted by molar-refractivity contribution is 5.69. The molecule has 0 radical (unpaired) electrons. The molecule has 1 N–H and O–H groups in total. The Hall–Kier alpha value is -0.690. The van der Waals surface area contributed by atoms with E-state index in [1.165, 1.54) is 45.4 Å². The normalized spacial score (nSPS) is 20.9. The van der Waals surface area contributed by atoms with Gasteiger partial charge >= 0.3 is 5.97 Å². The zero-order chi connectivity index (χ0) is 16.4. The van der Waals surface area contributed by atoms with E-state index >= 15 is 0 Å². The van der Waals surface area contributed by atoms with Crippen molar-refractivity contribution in [3.05, 3.63) is 0 Å². The molecule has 6 nitrogen and oxygen atoms in total. The standard InChI is InChI=1S/C17H32N2O4/c1-2-23-16(20)3-11-21-13-14-22-12-10-19-9-6-17(15-19)4-7-18-8-5-17/h18H,2-15H2,1H3. The highest BCUT2D eigenvalue weighted by Crippen LogP contribution is 2.38. The van der Waals surface area contributed by atoms with Gasteiger partial charge in [-0.2, -0.15) is 0 Å². The molecule has 2 fully saturated rings. The van der Waals surface area contributed by atoms with Crippen LogP contribution in [0.15, 0.2) is 0 Å². The van der Waals surface area contributed by atoms with Gasteiger partial charge in [0.15, 0.2) is 0 Å². The van der Waals surface area contributed by atoms with Crippen LogP contribution < -0.4 is 5.32 Å². The molecule has 23 heavy (non-hydrogen) atoms. The first-order valence-corrected chi connectivity index (χ1v) is 8.98. The number of hydrogen-bond acceptors (Lipinski definition) is 6. The van der Waals surface area contributed by atoms with Gasteiger partial charge in [-0.1, -0.05) is 0 Å². The summed E-state index contributed by atoms with van der Waals surface area (Å²) in [5, 5.41) is 3.46. The molecule has 0 saturated carbocycles. The van der Waals surface area contributed by atoms with Crippen LogP contribution >= 0.6 is 0 Å². The van der Waals surface area contributed by atoms with Gasteiger partial charge in [0.25, 0.3) is 0 Å². The van der Waals surface area contributed by atoms with Gasteiger partial charge in [0.1, 0.15) is 0 Å². The number of esters is 1. The largest absolute Gasteiger partial charge is 0.466 e. The van der Waals surface area contributed by atoms with E-state index in [-0.39, 0.29) is 5.97 Å². The monoisotopic (exact) mass is 328 g/mol. The van der Waals surface area contributed by atoms with E-state index in [2.05, 4.69) is 10.2 Å². The summed E-state index contributed by atoms with van der Waals surface area (Å²) in [6.07, 6.45) is 4.29. The van der Waals surface area contributed by atoms with E-state index in [0.29, 0.717) is 38.3 Å². The van der Waals surface area contributed by atoms with Gasteiger partial charge in [0, 0.05) is 13.1 Å². The quantitative estimate of drug-likeness (QED) is 0.478. The van der Waals surface area contributed by atoms with Crippen molar-refractivity contribution in [2.24, 2.45) is 5.41 Å². The predicted octanol–water partition coefficient (Wildman–Crippen LogP) is 1.05. The van der Waals surface area contributed by atoms with Gasteiger partial charge in [-0.25, -0.2) is 0 Å². The second-order valence-corrected chi connectivity index (χ2v) is 6.56. The molecule has 0 bridgehead atoms. The minimum atomic E-state index is -0.200. The summed E-state index contributed by atoms with van der Waals surface area (Å²) in [5.41, 5.74) is 0.571. The molecule has 0 atom stereocenters. The molecular formula is C17H32N2O4. The molecule has 0 aromatic rings. The zero-order valence-electron chi connectivity index (χ0n) is 14.5. The van der Waals surface area contributed by atoms with Crippen LogP contribution in [0.2, 0.25) is 0 Å². The van der Waals surface area contributed by atoms with Crippen LogP contribution in [0.4, 0.5) is 0 Å². The zero-order valence-corrected chi connectivity index (χ0v) is 14.5. The number of hydrogen-bond donors (Lipinski definition) is 1. The number of nitrogens with zero attached hydrogens (tertiary/aromatic N) is 1. The number of nitrogens with one attached hydrogen (secondary N) is 1. The highest BCUT2D eigenvalue weighted by atomic mass is 16.5. The fourth-order valence-electron chi connectivity index (χ4n) is 3.49. The van der Waals surface area contributed by atoms with E-state index in [1.807, 2.05) is 0 Å². The van der Waals surface area contributed by atoms with Crippen LogP contribution in [0.25, 0.3) is 0 Å². The van der Waals surface area contributed by atoms with Crippen molar-refractivity contribution in [3.63, 3.8) is 0 Å². The lowest BCUT2D eigenvalue weighted by Crippen LogP contribution is -2.39. The Kier molecular flexibility index (Phi) is 8.30. The van der Waals surface area contributed by atoms with Crippen LogP contribution in [0.5, 0.6) is 0 Å². The summed E-state index contributed by atoms with van der Waals surface area (Å²) in [6, 6.07) is 0. The molecule has 0 unspecified atom stereocenters. The second-order valence-electron chi connectivity index (χ2n) is 6.56. The van der Waals surface area contributed by atoms with Gasteiger partial charge in [-0.15, -0.1) is 0 Å². The Balaban J connectivity index is 1.42. The highest BCUT2D eigenvalue weighted by Gasteiger charge is 2.38.